The molecule has 0 saturated heterocycles. The van der Waals surface area contributed by atoms with Crippen LogP contribution in [0.15, 0.2) is 36.9 Å². The van der Waals surface area contributed by atoms with Crippen LogP contribution in [0.4, 0.5) is 8.78 Å². The maximum atomic E-state index is 15.2. The second kappa shape index (κ2) is 11.8. The van der Waals surface area contributed by atoms with Crippen molar-refractivity contribution in [2.45, 2.75) is 109 Å². The molecule has 3 aliphatic rings. The summed E-state index contributed by atoms with van der Waals surface area (Å²) in [7, 11) is 0. The number of rotatable bonds is 8. The molecule has 2 atom stereocenters. The van der Waals surface area contributed by atoms with Crippen LogP contribution in [0, 0.1) is 35.3 Å². The van der Waals surface area contributed by atoms with Gasteiger partial charge in [-0.25, -0.2) is 8.78 Å². The summed E-state index contributed by atoms with van der Waals surface area (Å²) in [6, 6.07) is 3.80. The number of halogens is 2. The van der Waals surface area contributed by atoms with Crippen molar-refractivity contribution in [3.8, 4) is 0 Å². The molecule has 0 spiro atoms. The van der Waals surface area contributed by atoms with E-state index in [0.717, 1.165) is 49.9 Å². The molecule has 0 heterocycles. The van der Waals surface area contributed by atoms with E-state index >= 15 is 8.78 Å². The summed E-state index contributed by atoms with van der Waals surface area (Å²) < 4.78 is 30.3. The Bertz CT molecular complexity index is 793. The zero-order valence-electron chi connectivity index (χ0n) is 20.7. The lowest BCUT2D eigenvalue weighted by Gasteiger charge is -2.38. The Morgan fingerprint density at radius 2 is 1.42 bits per heavy atom. The summed E-state index contributed by atoms with van der Waals surface area (Å²) in [5.74, 6) is 2.20. The highest BCUT2D eigenvalue weighted by atomic mass is 19.2. The lowest BCUT2D eigenvalue weighted by Crippen LogP contribution is -2.25. The molecule has 182 valence electrons. The predicted octanol–water partition coefficient (Wildman–Crippen LogP) is 9.86. The molecule has 0 amide bonds. The number of benzene rings is 1. The summed E-state index contributed by atoms with van der Waals surface area (Å²) in [4.78, 5) is 0. The van der Waals surface area contributed by atoms with Gasteiger partial charge >= 0.3 is 0 Å². The molecule has 1 aromatic carbocycles. The molecule has 2 saturated carbocycles. The molecule has 2 unspecified atom stereocenters. The van der Waals surface area contributed by atoms with Crippen molar-refractivity contribution < 1.29 is 8.78 Å². The van der Waals surface area contributed by atoms with Gasteiger partial charge in [-0.15, -0.1) is 6.58 Å². The van der Waals surface area contributed by atoms with Gasteiger partial charge in [0.25, 0.3) is 0 Å². The van der Waals surface area contributed by atoms with E-state index in [-0.39, 0.29) is 11.8 Å². The maximum Gasteiger partial charge on any atom is 0.162 e. The Morgan fingerprint density at radius 1 is 0.788 bits per heavy atom. The monoisotopic (exact) mass is 454 g/mol. The van der Waals surface area contributed by atoms with E-state index in [2.05, 4.69) is 31.7 Å². The van der Waals surface area contributed by atoms with Crippen LogP contribution in [-0.2, 0) is 0 Å². The third-order valence-corrected chi connectivity index (χ3v) is 9.21. The summed E-state index contributed by atoms with van der Waals surface area (Å²) in [5, 5.41) is 0. The normalized spacial score (nSPS) is 32.6. The SMILES string of the molecule is C=CCCC1CCC(C2CCC(c3ccc(C4C=CC(CCC)CC4)c(F)c3F)CC2)CC1. The fourth-order valence-corrected chi connectivity index (χ4v) is 7.13. The molecule has 2 fully saturated rings. The van der Waals surface area contributed by atoms with Crippen LogP contribution in [-0.4, -0.2) is 0 Å². The van der Waals surface area contributed by atoms with Crippen molar-refractivity contribution in [3.05, 3.63) is 59.7 Å². The molecule has 0 aromatic heterocycles. The molecule has 0 aliphatic heterocycles. The smallest absolute Gasteiger partial charge is 0.162 e. The Hall–Kier alpha value is -1.44. The molecule has 1 aromatic rings. The van der Waals surface area contributed by atoms with Crippen molar-refractivity contribution in [1.82, 2.24) is 0 Å². The summed E-state index contributed by atoms with van der Waals surface area (Å²) in [6.45, 7) is 6.07. The average molecular weight is 455 g/mol. The van der Waals surface area contributed by atoms with Gasteiger partial charge in [0.15, 0.2) is 11.6 Å². The van der Waals surface area contributed by atoms with Crippen LogP contribution in [0.3, 0.4) is 0 Å². The zero-order chi connectivity index (χ0) is 23.2. The summed E-state index contributed by atoms with van der Waals surface area (Å²) in [5.41, 5.74) is 1.19. The highest BCUT2D eigenvalue weighted by Gasteiger charge is 2.33. The van der Waals surface area contributed by atoms with Gasteiger partial charge in [-0.2, -0.15) is 0 Å². The topological polar surface area (TPSA) is 0 Å². The minimum absolute atomic E-state index is 0.0269. The molecule has 0 N–H and O–H groups in total. The highest BCUT2D eigenvalue weighted by molar-refractivity contribution is 5.34. The van der Waals surface area contributed by atoms with Crippen molar-refractivity contribution >= 4 is 0 Å². The lowest BCUT2D eigenvalue weighted by atomic mass is 9.68. The quantitative estimate of drug-likeness (QED) is 0.343. The zero-order valence-corrected chi connectivity index (χ0v) is 20.7. The summed E-state index contributed by atoms with van der Waals surface area (Å²) >= 11 is 0. The van der Waals surface area contributed by atoms with Crippen LogP contribution < -0.4 is 0 Å². The van der Waals surface area contributed by atoms with Crippen molar-refractivity contribution in [1.29, 1.82) is 0 Å². The van der Waals surface area contributed by atoms with Gasteiger partial charge in [-0.05, 0) is 111 Å². The van der Waals surface area contributed by atoms with E-state index in [9.17, 15) is 0 Å². The third kappa shape index (κ3) is 5.98. The van der Waals surface area contributed by atoms with E-state index in [1.165, 1.54) is 57.8 Å². The van der Waals surface area contributed by atoms with Gasteiger partial charge in [-0.1, -0.05) is 56.5 Å². The molecule has 3 aliphatic carbocycles. The first-order valence-electron chi connectivity index (χ1n) is 13.9. The second-order valence-electron chi connectivity index (χ2n) is 11.2. The Kier molecular flexibility index (Phi) is 8.83. The fraction of sp³-hybridized carbons (Fsp3) is 0.677. The first kappa shape index (κ1) is 24.7. The lowest BCUT2D eigenvalue weighted by molar-refractivity contribution is 0.156. The van der Waals surface area contributed by atoms with Gasteiger partial charge in [0.2, 0.25) is 0 Å². The molecule has 4 rings (SSSR count). The molecule has 0 nitrogen and oxygen atoms in total. The van der Waals surface area contributed by atoms with E-state index in [1.807, 2.05) is 12.1 Å². The molecule has 33 heavy (non-hydrogen) atoms. The maximum absolute atomic E-state index is 15.2. The fourth-order valence-electron chi connectivity index (χ4n) is 7.13. The number of hydrogen-bond acceptors (Lipinski definition) is 0. The van der Waals surface area contributed by atoms with Crippen molar-refractivity contribution in [3.63, 3.8) is 0 Å². The first-order valence-corrected chi connectivity index (χ1v) is 13.9. The predicted molar refractivity (Wildman–Crippen MR) is 135 cm³/mol. The third-order valence-electron chi connectivity index (χ3n) is 9.21. The first-order chi connectivity index (χ1) is 16.1. The Labute approximate surface area is 200 Å². The van der Waals surface area contributed by atoms with Crippen LogP contribution in [0.2, 0.25) is 0 Å². The largest absolute Gasteiger partial charge is 0.203 e. The second-order valence-corrected chi connectivity index (χ2v) is 11.2. The van der Waals surface area contributed by atoms with Crippen molar-refractivity contribution in [2.24, 2.45) is 23.7 Å². The minimum atomic E-state index is -0.587. The molecule has 2 heteroatoms. The minimum Gasteiger partial charge on any atom is -0.203 e. The number of hydrogen-bond donors (Lipinski definition) is 0. The van der Waals surface area contributed by atoms with Crippen molar-refractivity contribution in [2.75, 3.05) is 0 Å². The van der Waals surface area contributed by atoms with Crippen LogP contribution in [0.25, 0.3) is 0 Å². The summed E-state index contributed by atoms with van der Waals surface area (Å²) in [6.07, 6.45) is 23.1. The van der Waals surface area contributed by atoms with Crippen LogP contribution in [0.1, 0.15) is 120 Å². The Balaban J connectivity index is 1.32. The van der Waals surface area contributed by atoms with Gasteiger partial charge in [0.1, 0.15) is 0 Å². The van der Waals surface area contributed by atoms with E-state index < -0.39 is 11.6 Å². The van der Waals surface area contributed by atoms with Gasteiger partial charge < -0.3 is 0 Å². The standard InChI is InChI=1S/C31H44F2/c1-3-5-7-23-8-12-24(13-9-23)25-16-18-27(19-17-25)29-21-20-28(30(32)31(29)33)26-14-10-22(6-4-2)11-15-26/h3,10,14,20-27H,1,4-9,11-13,15-19H2,2H3. The number of allylic oxidation sites excluding steroid dienone is 3. The van der Waals surface area contributed by atoms with Crippen LogP contribution >= 0.6 is 0 Å². The van der Waals surface area contributed by atoms with E-state index in [0.29, 0.717) is 17.0 Å². The molecule has 0 radical (unpaired) electrons. The van der Waals surface area contributed by atoms with Gasteiger partial charge in [-0.3, -0.25) is 0 Å². The molecular weight excluding hydrogens is 410 g/mol. The average Bonchev–Trinajstić information content (AvgIpc) is 2.86. The van der Waals surface area contributed by atoms with Gasteiger partial charge in [0.05, 0.1) is 0 Å². The van der Waals surface area contributed by atoms with Gasteiger partial charge in [0, 0.05) is 5.92 Å². The van der Waals surface area contributed by atoms with E-state index in [1.54, 1.807) is 0 Å². The van der Waals surface area contributed by atoms with Crippen LogP contribution in [0.5, 0.6) is 0 Å². The Morgan fingerprint density at radius 3 is 2.03 bits per heavy atom. The van der Waals surface area contributed by atoms with E-state index in [4.69, 9.17) is 0 Å². The molecule has 0 bridgehead atoms. The molecular formula is C31H44F2. The highest BCUT2D eigenvalue weighted by Crippen LogP contribution is 2.45.